The molecule has 0 fully saturated rings. The fourth-order valence-electron chi connectivity index (χ4n) is 11.4. The first-order valence-electron chi connectivity index (χ1n) is 36.4. The van der Waals surface area contributed by atoms with E-state index in [0.717, 1.165) is 132 Å². The summed E-state index contributed by atoms with van der Waals surface area (Å²) in [6.07, 6.45) is 24.4. The van der Waals surface area contributed by atoms with Crippen LogP contribution in [0.25, 0.3) is 110 Å². The SMILES string of the molecule is CS(=O)(=O)c1nc(Nc2ccc3cn[nH]c3c2)nc2[nH]ccc12.CS(=O)c1nc(Nc2ccc3cn[nH]c3c2)nc2[nH]ccc12.CSc1nc(Cl)nc2[nH]ccc12.CSc1nc(Nc2ccc3cn[nH]c3c2)nc2[nH]ccc12.C[Si](C)(C)Cl.NC(=O)CNc1nc(Nc2ccc3cn[nH]c3c2)nc2[nH]ccc12.NCC(N)=O.Nc1ccc2cn[nH]c2c1. The molecular weight excluding hydrogens is 1700 g/mol. The number of carbonyl (C=O) groups excluding carboxylic acids is 2. The Labute approximate surface area is 712 Å². The van der Waals surface area contributed by atoms with Crippen LogP contribution in [0, 0.1) is 0 Å². The van der Waals surface area contributed by atoms with Crippen molar-refractivity contribution >= 4 is 254 Å². The number of hydrogen-bond donors (Lipinski definition) is 19. The number of nitrogen functional groups attached to an aromatic ring is 1. The van der Waals surface area contributed by atoms with Gasteiger partial charge in [-0.1, -0.05) is 19.6 Å². The predicted octanol–water partition coefficient (Wildman–Crippen LogP) is 13.0. The Hall–Kier alpha value is -14.2. The second kappa shape index (κ2) is 38.7. The van der Waals surface area contributed by atoms with E-state index in [1.807, 2.05) is 140 Å². The number of benzene rings is 5. The average molecular weight is 1770 g/mol. The van der Waals surface area contributed by atoms with Gasteiger partial charge in [-0.05, 0) is 145 Å². The largest absolute Gasteiger partial charge is 0.399 e. The van der Waals surface area contributed by atoms with Crippen LogP contribution in [0.3, 0.4) is 0 Å². The van der Waals surface area contributed by atoms with Gasteiger partial charge in [0.25, 0.3) is 0 Å². The van der Waals surface area contributed by atoms with Gasteiger partial charge < -0.3 is 74.4 Å². The van der Waals surface area contributed by atoms with Crippen molar-refractivity contribution in [2.75, 3.05) is 70.4 Å². The van der Waals surface area contributed by atoms with E-state index >= 15 is 0 Å². The Morgan fingerprint density at radius 2 is 0.795 bits per heavy atom. The van der Waals surface area contributed by atoms with Gasteiger partial charge in [0.15, 0.2) is 14.9 Å². The lowest BCUT2D eigenvalue weighted by Crippen LogP contribution is -2.22. The van der Waals surface area contributed by atoms with Crippen LogP contribution in [0.15, 0.2) is 203 Å². The Balaban J connectivity index is 0.000000125. The van der Waals surface area contributed by atoms with E-state index in [1.54, 1.807) is 85.4 Å². The molecule has 0 saturated carbocycles. The van der Waals surface area contributed by atoms with E-state index in [0.29, 0.717) is 51.0 Å². The molecule has 2 amide bonds. The first-order chi connectivity index (χ1) is 58.7. The summed E-state index contributed by atoms with van der Waals surface area (Å²) in [5.74, 6) is 1.19. The topological polar surface area (TPSA) is 601 Å². The van der Waals surface area contributed by atoms with Gasteiger partial charge >= 0.3 is 0 Å². The maximum Gasteiger partial charge on any atom is 0.236 e. The number of fused-ring (bicyclic) bond motifs is 10. The highest BCUT2D eigenvalue weighted by atomic mass is 35.6. The molecule has 20 rings (SSSR count). The van der Waals surface area contributed by atoms with E-state index < -0.39 is 39.8 Å². The van der Waals surface area contributed by atoms with Crippen LogP contribution >= 0.6 is 46.2 Å². The third-order valence-corrected chi connectivity index (χ3v) is 20.2. The van der Waals surface area contributed by atoms with Crippen LogP contribution in [-0.2, 0) is 30.2 Å². The minimum absolute atomic E-state index is 0.00314. The minimum Gasteiger partial charge on any atom is -0.399 e. The maximum atomic E-state index is 11.9. The highest BCUT2D eigenvalue weighted by molar-refractivity contribution is 7.99. The van der Waals surface area contributed by atoms with E-state index in [4.69, 9.17) is 39.9 Å². The number of primary amides is 2. The van der Waals surface area contributed by atoms with Crippen molar-refractivity contribution in [2.24, 2.45) is 17.2 Å². The Morgan fingerprint density at radius 3 is 1.20 bits per heavy atom. The number of H-pyrrole nitrogens is 10. The van der Waals surface area contributed by atoms with Crippen molar-refractivity contribution in [3.63, 3.8) is 0 Å². The van der Waals surface area contributed by atoms with Gasteiger partial charge in [-0.25, -0.2) is 28.4 Å². The second-order valence-electron chi connectivity index (χ2n) is 27.0. The number of nitrogens with two attached hydrogens (primary N) is 4. The van der Waals surface area contributed by atoms with Crippen LogP contribution in [-0.4, -0.2) is 196 Å². The monoisotopic (exact) mass is 1770 g/mol. The molecule has 0 aliphatic rings. The van der Waals surface area contributed by atoms with Crippen LogP contribution < -0.4 is 49.5 Å². The van der Waals surface area contributed by atoms with Gasteiger partial charge in [0.2, 0.25) is 40.9 Å². The van der Waals surface area contributed by atoms with Crippen LogP contribution in [0.1, 0.15) is 0 Å². The van der Waals surface area contributed by atoms with Gasteiger partial charge in [0, 0.05) is 98.9 Å². The molecule has 122 heavy (non-hydrogen) atoms. The number of nitrogens with one attached hydrogen (secondary N) is 15. The van der Waals surface area contributed by atoms with E-state index in [1.165, 1.54) is 0 Å². The smallest absolute Gasteiger partial charge is 0.236 e. The molecule has 46 heteroatoms. The van der Waals surface area contributed by atoms with Gasteiger partial charge in [0.05, 0.1) is 109 Å². The summed E-state index contributed by atoms with van der Waals surface area (Å²) < 4.78 is 35.8. The molecule has 15 aromatic heterocycles. The molecule has 624 valence electrons. The maximum absolute atomic E-state index is 11.9. The second-order valence-corrected chi connectivity index (χ2v) is 39.7. The molecule has 5 aromatic carbocycles. The third kappa shape index (κ3) is 22.4. The lowest BCUT2D eigenvalue weighted by atomic mass is 10.2. The van der Waals surface area contributed by atoms with Crippen molar-refractivity contribution in [1.82, 2.24) is 126 Å². The molecule has 20 aromatic rings. The van der Waals surface area contributed by atoms with E-state index in [2.05, 4.69) is 178 Å². The quantitative estimate of drug-likeness (QED) is 0.0107. The highest BCUT2D eigenvalue weighted by Crippen LogP contribution is 2.31. The van der Waals surface area contributed by atoms with Crippen molar-refractivity contribution in [3.05, 3.63) is 189 Å². The molecular formula is C76H78Cl2N34O5S4Si. The number of anilines is 10. The Bertz CT molecular complexity index is 7190. The molecule has 0 saturated heterocycles. The molecule has 0 spiro atoms. The minimum atomic E-state index is -3.47. The van der Waals surface area contributed by atoms with Crippen molar-refractivity contribution in [1.29, 1.82) is 0 Å². The summed E-state index contributed by atoms with van der Waals surface area (Å²) in [5, 5.41) is 61.7. The lowest BCUT2D eigenvalue weighted by Gasteiger charge is -2.09. The molecule has 23 N–H and O–H groups in total. The van der Waals surface area contributed by atoms with E-state index in [9.17, 15) is 22.2 Å². The third-order valence-electron chi connectivity index (χ3n) is 16.8. The zero-order valence-electron chi connectivity index (χ0n) is 65.7. The molecule has 15 heterocycles. The van der Waals surface area contributed by atoms with Crippen LogP contribution in [0.5, 0.6) is 0 Å². The number of thioether (sulfide) groups is 2. The number of aromatic nitrogens is 25. The number of rotatable bonds is 16. The molecule has 0 aliphatic heterocycles. The summed E-state index contributed by atoms with van der Waals surface area (Å²) in [5.41, 5.74) is 32.1. The molecule has 0 aliphatic carbocycles. The number of carbonyl (C=O) groups is 2. The molecule has 39 nitrogen and oxygen atoms in total. The van der Waals surface area contributed by atoms with E-state index in [-0.39, 0.29) is 29.3 Å². The van der Waals surface area contributed by atoms with Crippen molar-refractivity contribution in [2.45, 2.75) is 39.7 Å². The van der Waals surface area contributed by atoms with Crippen molar-refractivity contribution in [3.8, 4) is 0 Å². The van der Waals surface area contributed by atoms with Gasteiger partial charge in [-0.2, -0.15) is 66.5 Å². The Morgan fingerprint density at radius 1 is 0.459 bits per heavy atom. The zero-order valence-corrected chi connectivity index (χ0v) is 71.5. The predicted molar refractivity (Wildman–Crippen MR) is 487 cm³/mol. The van der Waals surface area contributed by atoms with Gasteiger partial charge in [0.1, 0.15) is 56.5 Å². The average Bonchev–Trinajstić information content (AvgIpc) is 1.54. The number of amides is 2. The zero-order chi connectivity index (χ0) is 86.2. The van der Waals surface area contributed by atoms with Gasteiger partial charge in [-0.15, -0.1) is 23.5 Å². The number of hydrogen-bond acceptors (Lipinski definition) is 29. The van der Waals surface area contributed by atoms with Crippen LogP contribution in [0.2, 0.25) is 24.9 Å². The van der Waals surface area contributed by atoms with Gasteiger partial charge in [-0.3, -0.25) is 39.3 Å². The summed E-state index contributed by atoms with van der Waals surface area (Å²) >= 11 is 14.5. The fraction of sp³-hybridized carbons (Fsp3) is 0.118. The lowest BCUT2D eigenvalue weighted by molar-refractivity contribution is -0.117. The highest BCUT2D eigenvalue weighted by Gasteiger charge is 2.20. The standard InChI is InChI=1S/C15H14N8O.C14H12N6O2S.C14H12N6OS.C14H12N6S.C7H6ClN3S.C7H7N3.C3H9ClSi.C2H6N2O/c16-12(24)7-18-14-10-3-4-17-13(10)21-15(22-14)20-9-2-1-8-6-19-23-11(8)5-9;1-23(21,22)13-10-4-5-15-12(10)18-14(19-13)17-9-3-2-8-7-16-20-11(8)6-9;1-22(21)13-10-4-5-15-12(10)18-14(19-13)17-9-3-2-8-7-16-20-11(8)6-9;1-21-13-10-4-5-15-12(10)18-14(19-13)17-9-3-2-8-7-16-20-11(8)6-9;1-12-6-4-2-3-9-5(4)10-7(8)11-6;8-6-2-1-5-4-9-10-7(5)3-6;1-5(2,3)4;3-1-2(4)5/h1-6H,7H2,(H2,16,24)(H,19,23)(H3,17,18,20,21,22);2-7H,1H3,(H,16,20)(H2,15,17,18,19);2-7H,1H3,(H,16,20)(H2,15,17,18,19);2-7H,1H3,(H,16,20)(H2,15,17,18,19);2-3H,1H3,(H,9,10,11);1-4H,8H2,(H,9,10);1-3H3;1,3H2,(H2,4,5). The molecule has 1 atom stereocenters. The normalized spacial score (nSPS) is 11.4. The summed E-state index contributed by atoms with van der Waals surface area (Å²) in [6, 6.07) is 38.0. The molecule has 1 unspecified atom stereocenters. The number of nitrogens with zero attached hydrogens (tertiary/aromatic N) is 15. The number of sulfone groups is 1. The Kier molecular flexibility index (Phi) is 27.2. The fourth-order valence-corrected chi connectivity index (χ4v) is 14.3. The number of halogens is 2. The first-order valence-corrected chi connectivity index (χ1v) is 47.2. The van der Waals surface area contributed by atoms with Crippen LogP contribution in [0.4, 0.5) is 58.0 Å². The molecule has 0 radical (unpaired) electrons. The summed E-state index contributed by atoms with van der Waals surface area (Å²) in [6.45, 7) is 6.22. The van der Waals surface area contributed by atoms with Crippen molar-refractivity contribution < 1.29 is 22.2 Å². The molecule has 0 bridgehead atoms. The summed E-state index contributed by atoms with van der Waals surface area (Å²) in [7, 11) is -5.80. The first kappa shape index (κ1) is 85.7. The summed E-state index contributed by atoms with van der Waals surface area (Å²) in [4.78, 5) is 78.8. The number of aromatic amines is 10.